The van der Waals surface area contributed by atoms with E-state index in [9.17, 15) is 9.59 Å². The number of hydrogen-bond donors (Lipinski definition) is 0. The molecule has 2 nitrogen and oxygen atoms in total. The van der Waals surface area contributed by atoms with Crippen LogP contribution in [0.3, 0.4) is 0 Å². The lowest BCUT2D eigenvalue weighted by atomic mass is 10.3. The van der Waals surface area contributed by atoms with Gasteiger partial charge in [0.1, 0.15) is 13.8 Å². The van der Waals surface area contributed by atoms with Gasteiger partial charge in [-0.2, -0.15) is 0 Å². The van der Waals surface area contributed by atoms with Gasteiger partial charge in [0.15, 0.2) is 5.78 Å². The predicted octanol–water partition coefficient (Wildman–Crippen LogP) is 1.58. The maximum atomic E-state index is 11.1. The molecule has 0 saturated heterocycles. The molecule has 0 atom stereocenters. The van der Waals surface area contributed by atoms with Gasteiger partial charge < -0.3 is 4.79 Å². The third-order valence-electron chi connectivity index (χ3n) is 1.69. The summed E-state index contributed by atoms with van der Waals surface area (Å²) in [4.78, 5) is 22.2. The van der Waals surface area contributed by atoms with Gasteiger partial charge in [-0.15, -0.1) is 0 Å². The largest absolute Gasteiger partial charge is 0.301 e. The highest BCUT2D eigenvalue weighted by Crippen LogP contribution is 1.99. The first-order valence-electron chi connectivity index (χ1n) is 3.74. The third kappa shape index (κ3) is 1.74. The number of Topliss-reactive ketones (excluding diaryl/α,β-unsaturated/α-hetero) is 1. The van der Waals surface area contributed by atoms with Gasteiger partial charge in [0, 0.05) is 5.17 Å². The Bertz CT molecular complexity index is 298. The van der Waals surface area contributed by atoms with E-state index in [1.165, 1.54) is 6.92 Å². The van der Waals surface area contributed by atoms with Crippen LogP contribution in [-0.2, 0) is 0 Å². The van der Waals surface area contributed by atoms with Crippen molar-refractivity contribution in [3.05, 3.63) is 29.1 Å². The number of hydrogen-bond acceptors (Lipinski definition) is 2. The van der Waals surface area contributed by atoms with E-state index in [0.29, 0.717) is 5.17 Å². The lowest BCUT2D eigenvalue weighted by Gasteiger charge is -1.99. The molecule has 1 aromatic heterocycles. The first kappa shape index (κ1) is 9.00. The summed E-state index contributed by atoms with van der Waals surface area (Å²) in [7, 11) is -1.34. The summed E-state index contributed by atoms with van der Waals surface area (Å²) in [6.45, 7) is 3.05. The van der Waals surface area contributed by atoms with Crippen molar-refractivity contribution in [2.45, 2.75) is 13.8 Å². The van der Waals surface area contributed by atoms with Crippen molar-refractivity contribution in [2.24, 2.45) is 0 Å². The first-order chi connectivity index (χ1) is 5.63. The molecule has 0 unspecified atom stereocenters. The van der Waals surface area contributed by atoms with E-state index in [-0.39, 0.29) is 11.2 Å². The summed E-state index contributed by atoms with van der Waals surface area (Å²) in [6.07, 6.45) is 0. The Labute approximate surface area is 72.8 Å². The summed E-state index contributed by atoms with van der Waals surface area (Å²) >= 11 is 0. The van der Waals surface area contributed by atoms with Crippen LogP contribution in [0.15, 0.2) is 23.9 Å². The minimum atomic E-state index is -1.34. The second-order valence-electron chi connectivity index (χ2n) is 2.66. The number of rotatable bonds is 2. The SMILES string of the molecule is CC(=O)c1cccc[si]1C(C)=O. The molecule has 0 radical (unpaired) electrons. The molecule has 0 N–H and O–H groups in total. The van der Waals surface area contributed by atoms with E-state index in [0.717, 1.165) is 0 Å². The molecule has 0 aliphatic carbocycles. The summed E-state index contributed by atoms with van der Waals surface area (Å²) in [6, 6.07) is 5.38. The molecule has 3 heteroatoms. The van der Waals surface area contributed by atoms with Crippen molar-refractivity contribution in [3.63, 3.8) is 0 Å². The molecule has 1 heterocycles. The van der Waals surface area contributed by atoms with Crippen LogP contribution in [0.2, 0.25) is 0 Å². The zero-order chi connectivity index (χ0) is 9.14. The molecule has 0 amide bonds. The smallest absolute Gasteiger partial charge is 0.155 e. The maximum Gasteiger partial charge on any atom is 0.155 e. The van der Waals surface area contributed by atoms with Crippen molar-refractivity contribution in [1.29, 1.82) is 0 Å². The fourth-order valence-corrected chi connectivity index (χ4v) is 2.85. The normalized spacial score (nSPS) is 9.50. The van der Waals surface area contributed by atoms with Crippen LogP contribution in [0.4, 0.5) is 0 Å². The maximum absolute atomic E-state index is 11.1. The molecule has 62 valence electrons. The molecule has 0 aliphatic heterocycles. The monoisotopic (exact) mass is 178 g/mol. The first-order valence-corrected chi connectivity index (χ1v) is 5.31. The second-order valence-corrected chi connectivity index (χ2v) is 5.06. The van der Waals surface area contributed by atoms with Crippen LogP contribution in [0.5, 0.6) is 0 Å². The molecule has 0 fully saturated rings. The van der Waals surface area contributed by atoms with Crippen LogP contribution in [0.25, 0.3) is 0 Å². The number of carbonyl (C=O) groups excluding carboxylic acids is 2. The summed E-state index contributed by atoms with van der Waals surface area (Å²) in [5.41, 5.74) is 1.85. The Morgan fingerprint density at radius 2 is 1.92 bits per heavy atom. The Hall–Kier alpha value is -1.09. The van der Waals surface area contributed by atoms with Crippen molar-refractivity contribution < 1.29 is 9.59 Å². The molecule has 0 aliphatic rings. The average molecular weight is 178 g/mol. The van der Waals surface area contributed by atoms with Gasteiger partial charge in [-0.3, -0.25) is 4.79 Å². The van der Waals surface area contributed by atoms with E-state index in [1.54, 1.807) is 19.1 Å². The molecular weight excluding hydrogens is 168 g/mol. The van der Waals surface area contributed by atoms with Crippen molar-refractivity contribution in [2.75, 3.05) is 0 Å². The van der Waals surface area contributed by atoms with Crippen LogP contribution in [0, 0.1) is 0 Å². The molecule has 12 heavy (non-hydrogen) atoms. The van der Waals surface area contributed by atoms with Gasteiger partial charge in [-0.05, 0) is 13.8 Å². The zero-order valence-corrected chi connectivity index (χ0v) is 8.13. The van der Waals surface area contributed by atoms with Crippen molar-refractivity contribution in [1.82, 2.24) is 0 Å². The highest BCUT2D eigenvalue weighted by molar-refractivity contribution is 6.87. The van der Waals surface area contributed by atoms with Crippen LogP contribution in [0.1, 0.15) is 28.6 Å². The van der Waals surface area contributed by atoms with E-state index in [1.807, 2.05) is 11.7 Å². The van der Waals surface area contributed by atoms with Gasteiger partial charge in [0.25, 0.3) is 0 Å². The average Bonchev–Trinajstić information content (AvgIpc) is 2.04. The van der Waals surface area contributed by atoms with Crippen molar-refractivity contribution in [3.8, 4) is 0 Å². The highest BCUT2D eigenvalue weighted by atomic mass is 28.2. The predicted molar refractivity (Wildman–Crippen MR) is 48.7 cm³/mol. The van der Waals surface area contributed by atoms with E-state index < -0.39 is 8.40 Å². The minimum Gasteiger partial charge on any atom is -0.301 e. The highest BCUT2D eigenvalue weighted by Gasteiger charge is 2.09. The lowest BCUT2D eigenvalue weighted by Crippen LogP contribution is -2.15. The van der Waals surface area contributed by atoms with Crippen LogP contribution < -0.4 is 0 Å². The summed E-state index contributed by atoms with van der Waals surface area (Å²) in [5, 5.41) is 0.806. The molecule has 0 spiro atoms. The van der Waals surface area contributed by atoms with Gasteiger partial charge in [0.05, 0.1) is 0 Å². The van der Waals surface area contributed by atoms with Crippen LogP contribution in [-0.4, -0.2) is 19.6 Å². The summed E-state index contributed by atoms with van der Waals surface area (Å²) < 4.78 is 0. The van der Waals surface area contributed by atoms with Gasteiger partial charge in [-0.1, -0.05) is 23.9 Å². The Morgan fingerprint density at radius 3 is 2.33 bits per heavy atom. The fourth-order valence-electron chi connectivity index (χ4n) is 1.10. The molecule has 0 aromatic carbocycles. The zero-order valence-electron chi connectivity index (χ0n) is 7.13. The second kappa shape index (κ2) is 3.54. The van der Waals surface area contributed by atoms with Gasteiger partial charge in [0.2, 0.25) is 0 Å². The Balaban J connectivity index is 3.27. The topological polar surface area (TPSA) is 34.1 Å². The molecule has 0 saturated carbocycles. The molecule has 1 aromatic rings. The van der Waals surface area contributed by atoms with Crippen LogP contribution >= 0.6 is 0 Å². The Kier molecular flexibility index (Phi) is 2.65. The standard InChI is InChI=1S/C9H10O2Si/c1-7(10)9-5-3-4-6-12(9)8(2)11/h3-6H,1-2H3. The summed E-state index contributed by atoms with van der Waals surface area (Å²) in [5.74, 6) is 0.0136. The van der Waals surface area contributed by atoms with E-state index in [2.05, 4.69) is 0 Å². The molecule has 0 bridgehead atoms. The minimum absolute atomic E-state index is 0.0136. The number of carbonyl (C=O) groups is 2. The van der Waals surface area contributed by atoms with E-state index >= 15 is 0 Å². The van der Waals surface area contributed by atoms with Gasteiger partial charge in [-0.25, -0.2) is 0 Å². The molecule has 1 rings (SSSR count). The molecular formula is C9H10O2Si. The number of ketones is 1. The van der Waals surface area contributed by atoms with E-state index in [4.69, 9.17) is 0 Å². The quantitative estimate of drug-likeness (QED) is 0.509. The van der Waals surface area contributed by atoms with Crippen molar-refractivity contribution >= 4 is 19.6 Å². The lowest BCUT2D eigenvalue weighted by molar-refractivity contribution is 0.101. The Morgan fingerprint density at radius 1 is 1.25 bits per heavy atom. The third-order valence-corrected chi connectivity index (χ3v) is 4.07. The van der Waals surface area contributed by atoms with Gasteiger partial charge >= 0.3 is 0 Å². The fraction of sp³-hybridized carbons (Fsp3) is 0.222.